The van der Waals surface area contributed by atoms with Crippen molar-refractivity contribution in [2.45, 2.75) is 39.7 Å². The molecule has 1 atom stereocenters. The predicted molar refractivity (Wildman–Crippen MR) is 78.8 cm³/mol. The molecule has 1 aromatic carbocycles. The van der Waals surface area contributed by atoms with Gasteiger partial charge in [-0.2, -0.15) is 0 Å². The number of nitrogens with zero attached hydrogens (tertiary/aromatic N) is 1. The molecule has 0 saturated heterocycles. The highest BCUT2D eigenvalue weighted by Crippen LogP contribution is 2.28. The molecule has 0 fully saturated rings. The first-order valence-corrected chi connectivity index (χ1v) is 6.54. The highest BCUT2D eigenvalue weighted by Gasteiger charge is 2.15. The van der Waals surface area contributed by atoms with Crippen LogP contribution in [-0.2, 0) is 4.79 Å². The van der Waals surface area contributed by atoms with Crippen LogP contribution in [0.2, 0.25) is 0 Å². The van der Waals surface area contributed by atoms with E-state index in [0.717, 1.165) is 22.6 Å². The maximum atomic E-state index is 12.1. The van der Waals surface area contributed by atoms with Crippen molar-refractivity contribution in [3.8, 4) is 5.75 Å². The van der Waals surface area contributed by atoms with Gasteiger partial charge in [0.2, 0.25) is 5.91 Å². The number of aryl methyl sites for hydroxylation is 2. The lowest BCUT2D eigenvalue weighted by atomic mass is 10.1. The quantitative estimate of drug-likeness (QED) is 0.888. The lowest BCUT2D eigenvalue weighted by Gasteiger charge is -2.21. The largest absolute Gasteiger partial charge is 0.496 e. The second-order valence-electron chi connectivity index (χ2n) is 5.08. The van der Waals surface area contributed by atoms with Crippen molar-refractivity contribution >= 4 is 11.6 Å². The summed E-state index contributed by atoms with van der Waals surface area (Å²) < 4.78 is 5.28. The molecular formula is C15H24N2O2. The molecule has 0 spiro atoms. The van der Waals surface area contributed by atoms with Crippen LogP contribution < -0.4 is 15.4 Å². The Labute approximate surface area is 115 Å². The van der Waals surface area contributed by atoms with E-state index in [1.165, 1.54) is 0 Å². The summed E-state index contributed by atoms with van der Waals surface area (Å²) in [4.78, 5) is 13.8. The molecule has 0 aliphatic heterocycles. The molecule has 19 heavy (non-hydrogen) atoms. The molecule has 0 bridgehead atoms. The van der Waals surface area contributed by atoms with Gasteiger partial charge in [-0.25, -0.2) is 0 Å². The molecule has 0 aliphatic rings. The van der Waals surface area contributed by atoms with E-state index in [1.54, 1.807) is 19.1 Å². The third-order valence-electron chi connectivity index (χ3n) is 3.26. The molecule has 0 radical (unpaired) electrons. The van der Waals surface area contributed by atoms with Crippen LogP contribution >= 0.6 is 0 Å². The minimum Gasteiger partial charge on any atom is -0.496 e. The molecule has 0 heterocycles. The number of benzene rings is 1. The normalized spacial score (nSPS) is 12.1. The Balaban J connectivity index is 2.90. The summed E-state index contributed by atoms with van der Waals surface area (Å²) in [5.41, 5.74) is 8.66. The molecule has 1 aromatic rings. The van der Waals surface area contributed by atoms with Crippen molar-refractivity contribution in [2.24, 2.45) is 5.73 Å². The summed E-state index contributed by atoms with van der Waals surface area (Å²) in [6.45, 7) is 5.87. The zero-order valence-corrected chi connectivity index (χ0v) is 12.5. The second kappa shape index (κ2) is 6.57. The highest BCUT2D eigenvalue weighted by atomic mass is 16.5. The highest BCUT2D eigenvalue weighted by molar-refractivity contribution is 5.93. The molecule has 1 rings (SSSR count). The zero-order valence-electron chi connectivity index (χ0n) is 12.5. The molecule has 4 nitrogen and oxygen atoms in total. The number of nitrogens with two attached hydrogens (primary N) is 1. The van der Waals surface area contributed by atoms with Crippen LogP contribution in [-0.4, -0.2) is 26.1 Å². The lowest BCUT2D eigenvalue weighted by Crippen LogP contribution is -2.28. The summed E-state index contributed by atoms with van der Waals surface area (Å²) in [5.74, 6) is 0.933. The molecule has 4 heteroatoms. The van der Waals surface area contributed by atoms with E-state index < -0.39 is 0 Å². The summed E-state index contributed by atoms with van der Waals surface area (Å²) >= 11 is 0. The van der Waals surface area contributed by atoms with Gasteiger partial charge in [0.1, 0.15) is 5.75 Å². The van der Waals surface area contributed by atoms with E-state index in [-0.39, 0.29) is 11.9 Å². The Morgan fingerprint density at radius 3 is 2.53 bits per heavy atom. The average Bonchev–Trinajstić information content (AvgIpc) is 2.37. The van der Waals surface area contributed by atoms with Crippen molar-refractivity contribution in [3.63, 3.8) is 0 Å². The van der Waals surface area contributed by atoms with Crippen molar-refractivity contribution in [1.82, 2.24) is 0 Å². The monoisotopic (exact) mass is 264 g/mol. The number of anilines is 1. The van der Waals surface area contributed by atoms with E-state index in [1.807, 2.05) is 32.9 Å². The number of carbonyl (C=O) groups excluding carboxylic acids is 1. The Kier molecular flexibility index (Phi) is 5.36. The van der Waals surface area contributed by atoms with Crippen LogP contribution in [0.3, 0.4) is 0 Å². The van der Waals surface area contributed by atoms with Gasteiger partial charge in [0.05, 0.1) is 7.11 Å². The first-order valence-electron chi connectivity index (χ1n) is 6.54. The van der Waals surface area contributed by atoms with Crippen LogP contribution in [0.5, 0.6) is 5.75 Å². The van der Waals surface area contributed by atoms with E-state index in [2.05, 4.69) is 0 Å². The zero-order chi connectivity index (χ0) is 14.6. The van der Waals surface area contributed by atoms with Crippen molar-refractivity contribution in [2.75, 3.05) is 19.1 Å². The van der Waals surface area contributed by atoms with Gasteiger partial charge in [0.15, 0.2) is 0 Å². The number of methoxy groups -OCH3 is 1. The third-order valence-corrected chi connectivity index (χ3v) is 3.26. The summed E-state index contributed by atoms with van der Waals surface area (Å²) in [7, 11) is 3.46. The van der Waals surface area contributed by atoms with Gasteiger partial charge in [0, 0.05) is 25.2 Å². The van der Waals surface area contributed by atoms with E-state index >= 15 is 0 Å². The van der Waals surface area contributed by atoms with Crippen LogP contribution in [0.25, 0.3) is 0 Å². The first-order chi connectivity index (χ1) is 8.86. The second-order valence-corrected chi connectivity index (χ2v) is 5.08. The topological polar surface area (TPSA) is 55.6 Å². The Bertz CT molecular complexity index is 456. The molecule has 0 aliphatic carbocycles. The number of amides is 1. The molecule has 1 unspecified atom stereocenters. The first kappa shape index (κ1) is 15.5. The van der Waals surface area contributed by atoms with Crippen LogP contribution in [0.15, 0.2) is 12.1 Å². The van der Waals surface area contributed by atoms with E-state index in [4.69, 9.17) is 10.5 Å². The predicted octanol–water partition coefficient (Wildman–Crippen LogP) is 2.40. The van der Waals surface area contributed by atoms with Crippen LogP contribution in [0.1, 0.15) is 30.9 Å². The summed E-state index contributed by atoms with van der Waals surface area (Å²) in [6, 6.07) is 3.99. The summed E-state index contributed by atoms with van der Waals surface area (Å²) in [6.07, 6.45) is 1.18. The maximum absolute atomic E-state index is 12.1. The average molecular weight is 264 g/mol. The van der Waals surface area contributed by atoms with E-state index in [0.29, 0.717) is 12.8 Å². The van der Waals surface area contributed by atoms with E-state index in [9.17, 15) is 4.79 Å². The van der Waals surface area contributed by atoms with Crippen molar-refractivity contribution in [3.05, 3.63) is 23.3 Å². The Hall–Kier alpha value is -1.55. The number of carbonyl (C=O) groups is 1. The minimum absolute atomic E-state index is 0.0519. The van der Waals surface area contributed by atoms with Gasteiger partial charge in [-0.3, -0.25) is 4.79 Å². The fourth-order valence-electron chi connectivity index (χ4n) is 2.01. The van der Waals surface area contributed by atoms with Gasteiger partial charge in [-0.15, -0.1) is 0 Å². The molecule has 0 aromatic heterocycles. The van der Waals surface area contributed by atoms with Crippen molar-refractivity contribution in [1.29, 1.82) is 0 Å². The minimum atomic E-state index is 0.0519. The Morgan fingerprint density at radius 2 is 2.00 bits per heavy atom. The third kappa shape index (κ3) is 3.96. The van der Waals surface area contributed by atoms with Crippen LogP contribution in [0.4, 0.5) is 5.69 Å². The molecule has 0 saturated carbocycles. The van der Waals surface area contributed by atoms with Crippen LogP contribution in [0, 0.1) is 13.8 Å². The fourth-order valence-corrected chi connectivity index (χ4v) is 2.01. The Morgan fingerprint density at radius 1 is 1.37 bits per heavy atom. The molecular weight excluding hydrogens is 240 g/mol. The van der Waals surface area contributed by atoms with Gasteiger partial charge in [-0.05, 0) is 50.5 Å². The standard InChI is InChI=1S/C15H24N2O2/c1-10-9-14(19-5)11(2)8-13(10)17(4)15(18)7-6-12(3)16/h8-9,12H,6-7,16H2,1-5H3. The smallest absolute Gasteiger partial charge is 0.226 e. The molecule has 2 N–H and O–H groups in total. The molecule has 1 amide bonds. The number of rotatable bonds is 5. The van der Waals surface area contributed by atoms with Gasteiger partial charge < -0.3 is 15.4 Å². The van der Waals surface area contributed by atoms with Gasteiger partial charge in [-0.1, -0.05) is 0 Å². The number of ether oxygens (including phenoxy) is 1. The van der Waals surface area contributed by atoms with Crippen molar-refractivity contribution < 1.29 is 9.53 Å². The van der Waals surface area contributed by atoms with Gasteiger partial charge >= 0.3 is 0 Å². The molecule has 106 valence electrons. The number of hydrogen-bond donors (Lipinski definition) is 1. The maximum Gasteiger partial charge on any atom is 0.226 e. The van der Waals surface area contributed by atoms with Gasteiger partial charge in [0.25, 0.3) is 0 Å². The lowest BCUT2D eigenvalue weighted by molar-refractivity contribution is -0.118. The SMILES string of the molecule is COc1cc(C)c(N(C)C(=O)CCC(C)N)cc1C. The number of hydrogen-bond acceptors (Lipinski definition) is 3. The summed E-state index contributed by atoms with van der Waals surface area (Å²) in [5, 5.41) is 0. The fraction of sp³-hybridized carbons (Fsp3) is 0.533.